The molecule has 2 aromatic rings. The molecule has 130 valence electrons. The lowest BCUT2D eigenvalue weighted by Gasteiger charge is -2.17. The molecule has 7 heteroatoms. The van der Waals surface area contributed by atoms with Gasteiger partial charge >= 0.3 is 0 Å². The SMILES string of the molecule is Cc1c(C(=O)c2ccc(Cl)cc2Cl)c(O)n(CC(C)C)c(=O)c1C#N. The minimum absolute atomic E-state index is 0.0277. The lowest BCUT2D eigenvalue weighted by Crippen LogP contribution is -2.28. The second kappa shape index (κ2) is 7.30. The minimum Gasteiger partial charge on any atom is -0.494 e. The number of pyridine rings is 1. The van der Waals surface area contributed by atoms with Crippen LogP contribution in [0.15, 0.2) is 23.0 Å². The summed E-state index contributed by atoms with van der Waals surface area (Å²) >= 11 is 11.9. The van der Waals surface area contributed by atoms with Gasteiger partial charge in [-0.05, 0) is 36.6 Å². The molecule has 0 amide bonds. The predicted octanol–water partition coefficient (Wildman–Crippen LogP) is 3.93. The Morgan fingerprint density at radius 1 is 1.36 bits per heavy atom. The molecule has 0 atom stereocenters. The predicted molar refractivity (Wildman–Crippen MR) is 96.6 cm³/mol. The Kier molecular flexibility index (Phi) is 5.56. The number of ketones is 1. The molecule has 0 bridgehead atoms. The van der Waals surface area contributed by atoms with Crippen LogP contribution >= 0.6 is 23.2 Å². The average molecular weight is 379 g/mol. The highest BCUT2D eigenvalue weighted by Crippen LogP contribution is 2.29. The topological polar surface area (TPSA) is 83.1 Å². The summed E-state index contributed by atoms with van der Waals surface area (Å²) in [6.07, 6.45) is 0. The van der Waals surface area contributed by atoms with Crippen LogP contribution in [-0.2, 0) is 6.54 Å². The van der Waals surface area contributed by atoms with Crippen molar-refractivity contribution in [3.8, 4) is 11.9 Å². The van der Waals surface area contributed by atoms with Crippen LogP contribution in [0.3, 0.4) is 0 Å². The summed E-state index contributed by atoms with van der Waals surface area (Å²) in [7, 11) is 0. The van der Waals surface area contributed by atoms with Crippen LogP contribution in [0.4, 0.5) is 0 Å². The first-order valence-corrected chi connectivity index (χ1v) is 8.30. The Morgan fingerprint density at radius 2 is 2.00 bits per heavy atom. The van der Waals surface area contributed by atoms with E-state index < -0.39 is 17.2 Å². The fourth-order valence-corrected chi connectivity index (χ4v) is 3.06. The zero-order valence-electron chi connectivity index (χ0n) is 13.9. The number of hydrogen-bond donors (Lipinski definition) is 1. The van der Waals surface area contributed by atoms with Crippen LogP contribution in [0.25, 0.3) is 0 Å². The summed E-state index contributed by atoms with van der Waals surface area (Å²) in [5.41, 5.74) is -0.651. The standard InChI is InChI=1S/C18H16Cl2N2O3/c1-9(2)8-22-17(24)13(7-21)10(3)15(18(22)25)16(23)12-5-4-11(19)6-14(12)20/h4-6,9,25H,8H2,1-3H3. The first kappa shape index (κ1) is 19.0. The molecule has 25 heavy (non-hydrogen) atoms. The molecular formula is C18H16Cl2N2O3. The Balaban J connectivity index is 2.78. The number of halogens is 2. The summed E-state index contributed by atoms with van der Waals surface area (Å²) in [4.78, 5) is 25.4. The highest BCUT2D eigenvalue weighted by molar-refractivity contribution is 6.37. The Labute approximate surface area is 155 Å². The van der Waals surface area contributed by atoms with Crippen LogP contribution in [0.2, 0.25) is 10.0 Å². The van der Waals surface area contributed by atoms with Gasteiger partial charge in [0.25, 0.3) is 5.56 Å². The van der Waals surface area contributed by atoms with Crippen LogP contribution in [0.5, 0.6) is 5.88 Å². The second-order valence-corrected chi connectivity index (χ2v) is 6.92. The van der Waals surface area contributed by atoms with E-state index in [4.69, 9.17) is 23.2 Å². The van der Waals surface area contributed by atoms with Crippen molar-refractivity contribution in [2.45, 2.75) is 27.3 Å². The van der Waals surface area contributed by atoms with E-state index in [-0.39, 0.29) is 39.7 Å². The molecular weight excluding hydrogens is 363 g/mol. The molecule has 0 aliphatic carbocycles. The summed E-state index contributed by atoms with van der Waals surface area (Å²) < 4.78 is 1.05. The van der Waals surface area contributed by atoms with Crippen molar-refractivity contribution in [2.75, 3.05) is 0 Å². The normalized spacial score (nSPS) is 10.8. The number of aromatic hydroxyl groups is 1. The van der Waals surface area contributed by atoms with Crippen molar-refractivity contribution >= 4 is 29.0 Å². The van der Waals surface area contributed by atoms with Gasteiger partial charge in [0.2, 0.25) is 5.88 Å². The lowest BCUT2D eigenvalue weighted by atomic mass is 9.97. The smallest absolute Gasteiger partial charge is 0.271 e. The van der Waals surface area contributed by atoms with Crippen molar-refractivity contribution < 1.29 is 9.90 Å². The van der Waals surface area contributed by atoms with Crippen molar-refractivity contribution in [3.63, 3.8) is 0 Å². The van der Waals surface area contributed by atoms with Gasteiger partial charge in [0, 0.05) is 17.1 Å². The summed E-state index contributed by atoms with van der Waals surface area (Å²) in [6.45, 7) is 5.34. The molecule has 2 rings (SSSR count). The molecule has 0 radical (unpaired) electrons. The number of carbonyl (C=O) groups excluding carboxylic acids is 1. The Hall–Kier alpha value is -2.29. The lowest BCUT2D eigenvalue weighted by molar-refractivity contribution is 0.103. The van der Waals surface area contributed by atoms with E-state index in [2.05, 4.69) is 0 Å². The molecule has 0 spiro atoms. The van der Waals surface area contributed by atoms with Crippen molar-refractivity contribution in [1.29, 1.82) is 5.26 Å². The van der Waals surface area contributed by atoms with Gasteiger partial charge in [0.1, 0.15) is 11.6 Å². The molecule has 0 saturated heterocycles. The largest absolute Gasteiger partial charge is 0.494 e. The maximum atomic E-state index is 12.9. The fraction of sp³-hybridized carbons (Fsp3) is 0.278. The van der Waals surface area contributed by atoms with Crippen LogP contribution < -0.4 is 5.56 Å². The monoisotopic (exact) mass is 378 g/mol. The maximum absolute atomic E-state index is 12.9. The third kappa shape index (κ3) is 3.55. The van der Waals surface area contributed by atoms with Gasteiger partial charge < -0.3 is 5.11 Å². The molecule has 1 aromatic carbocycles. The highest BCUT2D eigenvalue weighted by Gasteiger charge is 2.26. The number of nitriles is 1. The number of carbonyl (C=O) groups is 1. The summed E-state index contributed by atoms with van der Waals surface area (Å²) in [5, 5.41) is 20.4. The number of nitrogens with zero attached hydrogens (tertiary/aromatic N) is 2. The molecule has 0 aliphatic rings. The number of hydrogen-bond acceptors (Lipinski definition) is 4. The van der Waals surface area contributed by atoms with Crippen LogP contribution in [-0.4, -0.2) is 15.5 Å². The highest BCUT2D eigenvalue weighted by atomic mass is 35.5. The first-order valence-electron chi connectivity index (χ1n) is 7.55. The van der Waals surface area contributed by atoms with Crippen LogP contribution in [0.1, 0.15) is 40.9 Å². The van der Waals surface area contributed by atoms with Gasteiger partial charge in [-0.1, -0.05) is 37.0 Å². The zero-order valence-corrected chi connectivity index (χ0v) is 15.4. The summed E-state index contributed by atoms with van der Waals surface area (Å²) in [6, 6.07) is 6.18. The van der Waals surface area contributed by atoms with Gasteiger partial charge in [0.15, 0.2) is 5.78 Å². The van der Waals surface area contributed by atoms with E-state index in [9.17, 15) is 20.0 Å². The number of aromatic nitrogens is 1. The van der Waals surface area contributed by atoms with Gasteiger partial charge in [0.05, 0.1) is 10.6 Å². The maximum Gasteiger partial charge on any atom is 0.271 e. The third-order valence-corrected chi connectivity index (χ3v) is 4.30. The quantitative estimate of drug-likeness (QED) is 0.816. The molecule has 0 fully saturated rings. The number of rotatable bonds is 4. The minimum atomic E-state index is -0.620. The molecule has 5 nitrogen and oxygen atoms in total. The van der Waals surface area contributed by atoms with Gasteiger partial charge in [-0.15, -0.1) is 0 Å². The van der Waals surface area contributed by atoms with E-state index in [0.717, 1.165) is 4.57 Å². The van der Waals surface area contributed by atoms with Crippen LogP contribution in [0, 0.1) is 24.2 Å². The molecule has 1 heterocycles. The van der Waals surface area contributed by atoms with Gasteiger partial charge in [-0.25, -0.2) is 0 Å². The van der Waals surface area contributed by atoms with Gasteiger partial charge in [-0.2, -0.15) is 5.26 Å². The van der Waals surface area contributed by atoms with E-state index >= 15 is 0 Å². The second-order valence-electron chi connectivity index (χ2n) is 6.07. The zero-order chi connectivity index (χ0) is 18.9. The first-order chi connectivity index (χ1) is 11.7. The van der Waals surface area contributed by atoms with Crippen molar-refractivity contribution in [3.05, 3.63) is 60.9 Å². The van der Waals surface area contributed by atoms with E-state index in [1.807, 2.05) is 19.9 Å². The molecule has 1 N–H and O–H groups in total. The summed E-state index contributed by atoms with van der Waals surface area (Å²) in [5.74, 6) is -1.02. The van der Waals surface area contributed by atoms with Gasteiger partial charge in [-0.3, -0.25) is 14.2 Å². The average Bonchev–Trinajstić information content (AvgIpc) is 2.51. The molecule has 0 aliphatic heterocycles. The fourth-order valence-electron chi connectivity index (χ4n) is 2.57. The van der Waals surface area contributed by atoms with Crippen molar-refractivity contribution in [2.24, 2.45) is 5.92 Å². The van der Waals surface area contributed by atoms with E-state index in [1.165, 1.54) is 25.1 Å². The molecule has 0 unspecified atom stereocenters. The molecule has 0 saturated carbocycles. The van der Waals surface area contributed by atoms with E-state index in [0.29, 0.717) is 5.02 Å². The van der Waals surface area contributed by atoms with E-state index in [1.54, 1.807) is 0 Å². The third-order valence-electron chi connectivity index (χ3n) is 3.75. The molecule has 1 aromatic heterocycles. The Bertz CT molecular complexity index is 956. The van der Waals surface area contributed by atoms with Crippen molar-refractivity contribution in [1.82, 2.24) is 4.57 Å². The Morgan fingerprint density at radius 3 is 2.52 bits per heavy atom. The number of benzene rings is 1.